The maximum Gasteiger partial charge on any atom is 0.184 e. The molecule has 0 aliphatic rings. The average molecular weight is 303 g/mol. The predicted octanol–water partition coefficient (Wildman–Crippen LogP) is 4.99. The molecule has 1 N–H and O–H groups in total. The third-order valence-corrected chi connectivity index (χ3v) is 4.34. The smallest absolute Gasteiger partial charge is 0.184 e. The minimum absolute atomic E-state index is 0.330. The zero-order chi connectivity index (χ0) is 13.9. The number of nitrogens with one attached hydrogen (secondary N) is 1. The Balaban J connectivity index is 1.69. The summed E-state index contributed by atoms with van der Waals surface area (Å²) >= 11 is 7.59. The van der Waals surface area contributed by atoms with Crippen molar-refractivity contribution >= 4 is 38.3 Å². The topological polar surface area (TPSA) is 24.9 Å². The van der Waals surface area contributed by atoms with Gasteiger partial charge in [0.15, 0.2) is 5.13 Å². The van der Waals surface area contributed by atoms with Crippen molar-refractivity contribution in [1.82, 2.24) is 4.98 Å². The fourth-order valence-corrected chi connectivity index (χ4v) is 3.27. The lowest BCUT2D eigenvalue weighted by molar-refractivity contribution is 0.789. The van der Waals surface area contributed by atoms with Crippen LogP contribution in [0.5, 0.6) is 0 Å². The summed E-state index contributed by atoms with van der Waals surface area (Å²) in [4.78, 5) is 4.59. The van der Waals surface area contributed by atoms with Crippen LogP contribution in [0.15, 0.2) is 48.5 Å². The Kier molecular flexibility index (Phi) is 3.90. The van der Waals surface area contributed by atoms with Gasteiger partial charge in [0, 0.05) is 11.1 Å². The molecule has 0 saturated heterocycles. The number of halogens is 1. The maximum absolute atomic E-state index is 5.90. The minimum atomic E-state index is 0.330. The van der Waals surface area contributed by atoms with Crippen LogP contribution in [0, 0.1) is 0 Å². The molecule has 0 saturated carbocycles. The number of fused-ring (bicyclic) bond motifs is 1. The summed E-state index contributed by atoms with van der Waals surface area (Å²) in [5.41, 5.74) is 2.33. The number of anilines is 1. The Morgan fingerprint density at radius 3 is 2.65 bits per heavy atom. The van der Waals surface area contributed by atoms with Crippen molar-refractivity contribution in [3.63, 3.8) is 0 Å². The van der Waals surface area contributed by atoms with Crippen molar-refractivity contribution < 1.29 is 0 Å². The van der Waals surface area contributed by atoms with E-state index in [0.29, 0.717) is 6.04 Å². The van der Waals surface area contributed by atoms with E-state index in [2.05, 4.69) is 35.4 Å². The van der Waals surface area contributed by atoms with Crippen molar-refractivity contribution in [3.8, 4) is 0 Å². The molecule has 20 heavy (non-hydrogen) atoms. The number of para-hydroxylation sites is 1. The van der Waals surface area contributed by atoms with Gasteiger partial charge >= 0.3 is 0 Å². The number of rotatable bonds is 4. The highest BCUT2D eigenvalue weighted by molar-refractivity contribution is 7.22. The Morgan fingerprint density at radius 2 is 1.90 bits per heavy atom. The van der Waals surface area contributed by atoms with E-state index < -0.39 is 0 Å². The first-order chi connectivity index (χ1) is 9.70. The van der Waals surface area contributed by atoms with Gasteiger partial charge in [-0.25, -0.2) is 4.98 Å². The van der Waals surface area contributed by atoms with E-state index in [-0.39, 0.29) is 0 Å². The second kappa shape index (κ2) is 5.81. The molecule has 3 rings (SSSR count). The molecule has 0 spiro atoms. The fourth-order valence-electron chi connectivity index (χ4n) is 2.17. The second-order valence-corrected chi connectivity index (χ2v) is 6.33. The highest BCUT2D eigenvalue weighted by Crippen LogP contribution is 2.26. The number of nitrogens with zero attached hydrogens (tertiary/aromatic N) is 1. The third kappa shape index (κ3) is 3.11. The molecule has 1 aromatic heterocycles. The maximum atomic E-state index is 5.90. The van der Waals surface area contributed by atoms with Gasteiger partial charge in [-0.05, 0) is 43.2 Å². The van der Waals surface area contributed by atoms with E-state index >= 15 is 0 Å². The number of hydrogen-bond donors (Lipinski definition) is 1. The lowest BCUT2D eigenvalue weighted by Gasteiger charge is -2.12. The van der Waals surface area contributed by atoms with Gasteiger partial charge in [-0.15, -0.1) is 0 Å². The molecule has 0 radical (unpaired) electrons. The van der Waals surface area contributed by atoms with Crippen LogP contribution >= 0.6 is 22.9 Å². The van der Waals surface area contributed by atoms with Gasteiger partial charge in [0.2, 0.25) is 0 Å². The first-order valence-corrected chi connectivity index (χ1v) is 7.77. The molecule has 2 nitrogen and oxygen atoms in total. The Morgan fingerprint density at radius 1 is 1.15 bits per heavy atom. The second-order valence-electron chi connectivity index (χ2n) is 4.86. The zero-order valence-electron chi connectivity index (χ0n) is 11.1. The quantitative estimate of drug-likeness (QED) is 0.734. The molecule has 1 heterocycles. The summed E-state index contributed by atoms with van der Waals surface area (Å²) in [7, 11) is 0. The molecular formula is C16H15ClN2S. The lowest BCUT2D eigenvalue weighted by atomic mass is 10.1. The molecule has 0 fully saturated rings. The summed E-state index contributed by atoms with van der Waals surface area (Å²) in [6.45, 7) is 2.17. The molecule has 1 atom stereocenters. The standard InChI is InChI=1S/C16H15ClN2S/c1-11(10-12-6-8-13(17)9-7-12)18-16-19-14-4-2-3-5-15(14)20-16/h2-9,11H,10H2,1H3,(H,18,19)/t11-/m1/s1. The van der Waals surface area contributed by atoms with E-state index in [0.717, 1.165) is 22.1 Å². The van der Waals surface area contributed by atoms with Crippen LogP contribution < -0.4 is 5.32 Å². The summed E-state index contributed by atoms with van der Waals surface area (Å²) < 4.78 is 1.22. The Hall–Kier alpha value is -1.58. The van der Waals surface area contributed by atoms with Crippen molar-refractivity contribution in [2.45, 2.75) is 19.4 Å². The molecule has 4 heteroatoms. The average Bonchev–Trinajstić information content (AvgIpc) is 2.83. The Labute approximate surface area is 127 Å². The molecular weight excluding hydrogens is 288 g/mol. The number of benzene rings is 2. The molecule has 0 bridgehead atoms. The first kappa shape index (κ1) is 13.4. The molecule has 0 unspecified atom stereocenters. The highest BCUT2D eigenvalue weighted by atomic mass is 35.5. The summed E-state index contributed by atoms with van der Waals surface area (Å²) in [5, 5.41) is 5.23. The number of hydrogen-bond acceptors (Lipinski definition) is 3. The SMILES string of the molecule is C[C@H](Cc1ccc(Cl)cc1)Nc1nc2ccccc2s1. The van der Waals surface area contributed by atoms with Gasteiger partial charge in [-0.2, -0.15) is 0 Å². The van der Waals surface area contributed by atoms with E-state index in [1.807, 2.05) is 30.3 Å². The van der Waals surface area contributed by atoms with Crippen molar-refractivity contribution in [1.29, 1.82) is 0 Å². The van der Waals surface area contributed by atoms with Gasteiger partial charge < -0.3 is 5.32 Å². The van der Waals surface area contributed by atoms with Crippen LogP contribution in [0.4, 0.5) is 5.13 Å². The van der Waals surface area contributed by atoms with E-state index in [9.17, 15) is 0 Å². The van der Waals surface area contributed by atoms with Crippen molar-refractivity contribution in [3.05, 3.63) is 59.1 Å². The molecule has 0 aliphatic carbocycles. The van der Waals surface area contributed by atoms with Crippen LogP contribution in [0.25, 0.3) is 10.2 Å². The van der Waals surface area contributed by atoms with Crippen LogP contribution in [-0.4, -0.2) is 11.0 Å². The highest BCUT2D eigenvalue weighted by Gasteiger charge is 2.07. The lowest BCUT2D eigenvalue weighted by Crippen LogP contribution is -2.17. The third-order valence-electron chi connectivity index (χ3n) is 3.12. The van der Waals surface area contributed by atoms with Crippen LogP contribution in [0.3, 0.4) is 0 Å². The van der Waals surface area contributed by atoms with Gasteiger partial charge in [-0.3, -0.25) is 0 Å². The molecule has 0 aliphatic heterocycles. The summed E-state index contributed by atoms with van der Waals surface area (Å²) in [5.74, 6) is 0. The fraction of sp³-hybridized carbons (Fsp3) is 0.188. The largest absolute Gasteiger partial charge is 0.359 e. The monoisotopic (exact) mass is 302 g/mol. The van der Waals surface area contributed by atoms with Crippen molar-refractivity contribution in [2.24, 2.45) is 0 Å². The Bertz CT molecular complexity index is 673. The van der Waals surface area contributed by atoms with Gasteiger partial charge in [0.1, 0.15) is 0 Å². The van der Waals surface area contributed by atoms with Gasteiger partial charge in [0.05, 0.1) is 10.2 Å². The van der Waals surface area contributed by atoms with Gasteiger partial charge in [0.25, 0.3) is 0 Å². The van der Waals surface area contributed by atoms with Crippen LogP contribution in [0.1, 0.15) is 12.5 Å². The number of aromatic nitrogens is 1. The molecule has 2 aromatic carbocycles. The van der Waals surface area contributed by atoms with Crippen molar-refractivity contribution in [2.75, 3.05) is 5.32 Å². The predicted molar refractivity (Wildman–Crippen MR) is 87.9 cm³/mol. The first-order valence-electron chi connectivity index (χ1n) is 6.57. The number of thiazole rings is 1. The van der Waals surface area contributed by atoms with Crippen LogP contribution in [-0.2, 0) is 6.42 Å². The van der Waals surface area contributed by atoms with Crippen LogP contribution in [0.2, 0.25) is 5.02 Å². The zero-order valence-corrected chi connectivity index (χ0v) is 12.7. The molecule has 3 aromatic rings. The van der Waals surface area contributed by atoms with Gasteiger partial charge in [-0.1, -0.05) is 47.2 Å². The molecule has 0 amide bonds. The van der Waals surface area contributed by atoms with E-state index in [4.69, 9.17) is 11.6 Å². The van der Waals surface area contributed by atoms with E-state index in [1.165, 1.54) is 10.3 Å². The molecule has 102 valence electrons. The normalized spacial score (nSPS) is 12.5. The summed E-state index contributed by atoms with van der Waals surface area (Å²) in [6.07, 6.45) is 0.951. The minimum Gasteiger partial charge on any atom is -0.359 e. The summed E-state index contributed by atoms with van der Waals surface area (Å²) in [6, 6.07) is 16.5. The van der Waals surface area contributed by atoms with E-state index in [1.54, 1.807) is 11.3 Å².